The van der Waals surface area contributed by atoms with Crippen LogP contribution in [0.5, 0.6) is 0 Å². The molecule has 1 heterocycles. The van der Waals surface area contributed by atoms with Crippen molar-refractivity contribution >= 4 is 11.8 Å². The van der Waals surface area contributed by atoms with E-state index in [4.69, 9.17) is 4.74 Å². The summed E-state index contributed by atoms with van der Waals surface area (Å²) >= 11 is 0. The number of halogens is 1. The summed E-state index contributed by atoms with van der Waals surface area (Å²) in [7, 11) is 0. The van der Waals surface area contributed by atoms with Gasteiger partial charge in [-0.2, -0.15) is 0 Å². The van der Waals surface area contributed by atoms with E-state index in [2.05, 4.69) is 10.6 Å². The largest absolute Gasteiger partial charge is 0.381 e. The van der Waals surface area contributed by atoms with Gasteiger partial charge in [-0.15, -0.1) is 0 Å². The standard InChI is InChI=1S/C22H25FN2O3/c1-16-2-4-17(5-3-16)14-24-20(26)21(27)25-15-22(10-12-28-13-11-22)18-6-8-19(23)9-7-18/h2-9H,10-15H2,1H3,(H,24,26)(H,25,27). The Morgan fingerprint density at radius 3 is 2.21 bits per heavy atom. The highest BCUT2D eigenvalue weighted by Gasteiger charge is 2.35. The molecule has 28 heavy (non-hydrogen) atoms. The van der Waals surface area contributed by atoms with Gasteiger partial charge < -0.3 is 15.4 Å². The zero-order valence-corrected chi connectivity index (χ0v) is 16.0. The molecule has 0 aliphatic carbocycles. The van der Waals surface area contributed by atoms with E-state index in [0.717, 1.165) is 16.7 Å². The molecule has 1 saturated heterocycles. The Morgan fingerprint density at radius 2 is 1.57 bits per heavy atom. The van der Waals surface area contributed by atoms with Crippen LogP contribution >= 0.6 is 0 Å². The molecular formula is C22H25FN2O3. The van der Waals surface area contributed by atoms with E-state index >= 15 is 0 Å². The summed E-state index contributed by atoms with van der Waals surface area (Å²) in [5.74, 6) is -1.63. The lowest BCUT2D eigenvalue weighted by molar-refractivity contribution is -0.139. The van der Waals surface area contributed by atoms with Gasteiger partial charge in [0, 0.05) is 31.7 Å². The Kier molecular flexibility index (Phi) is 6.41. The zero-order chi connectivity index (χ0) is 20.0. The van der Waals surface area contributed by atoms with Gasteiger partial charge >= 0.3 is 11.8 Å². The van der Waals surface area contributed by atoms with Crippen molar-refractivity contribution in [3.05, 3.63) is 71.0 Å². The molecule has 3 rings (SSSR count). The van der Waals surface area contributed by atoms with Crippen molar-refractivity contribution < 1.29 is 18.7 Å². The van der Waals surface area contributed by atoms with Crippen molar-refractivity contribution in [2.45, 2.75) is 31.7 Å². The van der Waals surface area contributed by atoms with Gasteiger partial charge in [-0.1, -0.05) is 42.0 Å². The van der Waals surface area contributed by atoms with E-state index in [1.54, 1.807) is 12.1 Å². The van der Waals surface area contributed by atoms with Crippen molar-refractivity contribution in [2.75, 3.05) is 19.8 Å². The quantitative estimate of drug-likeness (QED) is 0.779. The van der Waals surface area contributed by atoms with Gasteiger partial charge in [-0.25, -0.2) is 4.39 Å². The third kappa shape index (κ3) is 4.95. The SMILES string of the molecule is Cc1ccc(CNC(=O)C(=O)NCC2(c3ccc(F)cc3)CCOCC2)cc1. The van der Waals surface area contributed by atoms with Gasteiger partial charge in [-0.05, 0) is 43.0 Å². The van der Waals surface area contributed by atoms with Crippen molar-refractivity contribution in [1.82, 2.24) is 10.6 Å². The minimum Gasteiger partial charge on any atom is -0.381 e. The Hall–Kier alpha value is -2.73. The first-order valence-corrected chi connectivity index (χ1v) is 9.44. The van der Waals surface area contributed by atoms with Crippen molar-refractivity contribution in [2.24, 2.45) is 0 Å². The predicted octanol–water partition coefficient (Wildman–Crippen LogP) is 2.61. The van der Waals surface area contributed by atoms with Crippen LogP contribution in [0.3, 0.4) is 0 Å². The third-order valence-electron chi connectivity index (χ3n) is 5.27. The lowest BCUT2D eigenvalue weighted by atomic mass is 9.74. The highest BCUT2D eigenvalue weighted by atomic mass is 19.1. The molecular weight excluding hydrogens is 359 g/mol. The minimum absolute atomic E-state index is 0.295. The Bertz CT molecular complexity index is 813. The molecule has 0 atom stereocenters. The maximum absolute atomic E-state index is 13.3. The average Bonchev–Trinajstić information content (AvgIpc) is 2.72. The first-order valence-electron chi connectivity index (χ1n) is 9.44. The molecule has 148 valence electrons. The van der Waals surface area contributed by atoms with Crippen LogP contribution in [0.4, 0.5) is 4.39 Å². The summed E-state index contributed by atoms with van der Waals surface area (Å²) in [5.41, 5.74) is 2.64. The van der Waals surface area contributed by atoms with E-state index < -0.39 is 11.8 Å². The van der Waals surface area contributed by atoms with Crippen molar-refractivity contribution in [3.63, 3.8) is 0 Å². The van der Waals surface area contributed by atoms with Gasteiger partial charge in [0.25, 0.3) is 0 Å². The number of hydrogen-bond donors (Lipinski definition) is 2. The second kappa shape index (κ2) is 8.97. The molecule has 1 aliphatic rings. The van der Waals surface area contributed by atoms with E-state index in [9.17, 15) is 14.0 Å². The molecule has 2 amide bonds. The Labute approximate surface area is 164 Å². The third-order valence-corrected chi connectivity index (χ3v) is 5.27. The maximum atomic E-state index is 13.3. The topological polar surface area (TPSA) is 67.4 Å². The maximum Gasteiger partial charge on any atom is 0.309 e. The van der Waals surface area contributed by atoms with E-state index in [1.165, 1.54) is 12.1 Å². The van der Waals surface area contributed by atoms with Gasteiger partial charge in [0.1, 0.15) is 5.82 Å². The lowest BCUT2D eigenvalue weighted by Crippen LogP contribution is -2.48. The number of benzene rings is 2. The smallest absolute Gasteiger partial charge is 0.309 e. The first-order chi connectivity index (χ1) is 13.5. The van der Waals surface area contributed by atoms with Crippen LogP contribution in [-0.2, 0) is 26.3 Å². The summed E-state index contributed by atoms with van der Waals surface area (Å²) in [5, 5.41) is 5.39. The normalized spacial score (nSPS) is 15.6. The van der Waals surface area contributed by atoms with Crippen LogP contribution < -0.4 is 10.6 Å². The second-order valence-electron chi connectivity index (χ2n) is 7.25. The fourth-order valence-electron chi connectivity index (χ4n) is 3.43. The fraction of sp³-hybridized carbons (Fsp3) is 0.364. The number of hydrogen-bond acceptors (Lipinski definition) is 3. The van der Waals surface area contributed by atoms with Crippen LogP contribution in [0, 0.1) is 12.7 Å². The highest BCUT2D eigenvalue weighted by molar-refractivity contribution is 6.35. The number of rotatable bonds is 5. The van der Waals surface area contributed by atoms with Crippen LogP contribution in [0.2, 0.25) is 0 Å². The average molecular weight is 384 g/mol. The first kappa shape index (κ1) is 20.0. The molecule has 2 aromatic rings. The van der Waals surface area contributed by atoms with E-state index in [1.807, 2.05) is 31.2 Å². The molecule has 0 bridgehead atoms. The predicted molar refractivity (Wildman–Crippen MR) is 104 cm³/mol. The molecule has 6 heteroatoms. The lowest BCUT2D eigenvalue weighted by Gasteiger charge is -2.37. The summed E-state index contributed by atoms with van der Waals surface area (Å²) in [4.78, 5) is 24.4. The number of carbonyl (C=O) groups is 2. The summed E-state index contributed by atoms with van der Waals surface area (Å²) in [6, 6.07) is 14.1. The number of carbonyl (C=O) groups excluding carboxylic acids is 2. The molecule has 0 radical (unpaired) electrons. The molecule has 5 nitrogen and oxygen atoms in total. The second-order valence-corrected chi connectivity index (χ2v) is 7.25. The fourth-order valence-corrected chi connectivity index (χ4v) is 3.43. The van der Waals surface area contributed by atoms with Crippen LogP contribution in [0.15, 0.2) is 48.5 Å². The van der Waals surface area contributed by atoms with Gasteiger partial charge in [0.15, 0.2) is 0 Å². The minimum atomic E-state index is -0.667. The molecule has 0 aromatic heterocycles. The van der Waals surface area contributed by atoms with Gasteiger partial charge in [0.05, 0.1) is 0 Å². The Balaban J connectivity index is 1.59. The molecule has 2 N–H and O–H groups in total. The highest BCUT2D eigenvalue weighted by Crippen LogP contribution is 2.34. The number of aryl methyl sites for hydroxylation is 1. The van der Waals surface area contributed by atoms with Gasteiger partial charge in [0.2, 0.25) is 0 Å². The summed E-state index contributed by atoms with van der Waals surface area (Å²) in [6.07, 6.45) is 1.40. The zero-order valence-electron chi connectivity index (χ0n) is 16.0. The molecule has 2 aromatic carbocycles. The molecule has 0 unspecified atom stereocenters. The van der Waals surface area contributed by atoms with Crippen molar-refractivity contribution in [3.8, 4) is 0 Å². The van der Waals surface area contributed by atoms with Crippen LogP contribution in [0.1, 0.15) is 29.5 Å². The monoisotopic (exact) mass is 384 g/mol. The summed E-state index contributed by atoms with van der Waals surface area (Å²) < 4.78 is 18.8. The van der Waals surface area contributed by atoms with Crippen molar-refractivity contribution in [1.29, 1.82) is 0 Å². The van der Waals surface area contributed by atoms with E-state index in [0.29, 0.717) is 39.1 Å². The number of nitrogens with one attached hydrogen (secondary N) is 2. The number of amides is 2. The Morgan fingerprint density at radius 1 is 0.964 bits per heavy atom. The van der Waals surface area contributed by atoms with Gasteiger partial charge in [-0.3, -0.25) is 9.59 Å². The number of ether oxygens (including phenoxy) is 1. The molecule has 1 fully saturated rings. The molecule has 0 spiro atoms. The molecule has 0 saturated carbocycles. The molecule has 1 aliphatic heterocycles. The van der Waals surface area contributed by atoms with Crippen LogP contribution in [-0.4, -0.2) is 31.6 Å². The van der Waals surface area contributed by atoms with E-state index in [-0.39, 0.29) is 11.2 Å². The summed E-state index contributed by atoms with van der Waals surface area (Å²) in [6.45, 7) is 3.71. The van der Waals surface area contributed by atoms with Crippen LogP contribution in [0.25, 0.3) is 0 Å².